The van der Waals surface area contributed by atoms with Crippen molar-refractivity contribution < 1.29 is 27.5 Å². The Hall–Kier alpha value is -2.18. The molecule has 0 radical (unpaired) electrons. The summed E-state index contributed by atoms with van der Waals surface area (Å²) in [4.78, 5) is 0. The molecule has 102 valence electrons. The zero-order valence-corrected chi connectivity index (χ0v) is 10.1. The number of phenols is 1. The van der Waals surface area contributed by atoms with Gasteiger partial charge >= 0.3 is 6.36 Å². The van der Waals surface area contributed by atoms with Crippen molar-refractivity contribution in [3.63, 3.8) is 0 Å². The van der Waals surface area contributed by atoms with E-state index in [0.717, 1.165) is 6.07 Å². The maximum atomic E-state index is 12.2. The Labute approximate surface area is 106 Å². The first-order valence-electron chi connectivity index (χ1n) is 5.29. The first-order chi connectivity index (χ1) is 8.76. The number of aromatic hydroxyl groups is 1. The van der Waals surface area contributed by atoms with E-state index in [9.17, 15) is 18.3 Å². The van der Waals surface area contributed by atoms with E-state index in [1.807, 2.05) is 0 Å². The van der Waals surface area contributed by atoms with Crippen LogP contribution in [0.4, 0.5) is 13.2 Å². The molecule has 1 aromatic heterocycles. The van der Waals surface area contributed by atoms with Gasteiger partial charge in [-0.15, -0.1) is 13.2 Å². The average molecular weight is 273 g/mol. The van der Waals surface area contributed by atoms with Crippen molar-refractivity contribution >= 4 is 0 Å². The Morgan fingerprint density at radius 1 is 1.21 bits per heavy atom. The van der Waals surface area contributed by atoms with Gasteiger partial charge in [-0.05, 0) is 31.5 Å². The van der Waals surface area contributed by atoms with Crippen LogP contribution in [-0.2, 0) is 0 Å². The number of halogens is 3. The Bertz CT molecular complexity index is 585. The van der Waals surface area contributed by atoms with Gasteiger partial charge in [0.1, 0.15) is 17.3 Å². The molecule has 2 aromatic rings. The van der Waals surface area contributed by atoms with Crippen molar-refractivity contribution in [1.29, 1.82) is 0 Å². The fourth-order valence-electron chi connectivity index (χ4n) is 1.82. The quantitative estimate of drug-likeness (QED) is 0.908. The molecule has 1 aromatic carbocycles. The van der Waals surface area contributed by atoms with Gasteiger partial charge in [-0.25, -0.2) is 0 Å². The molecule has 0 aliphatic heterocycles. The predicted molar refractivity (Wildman–Crippen MR) is 59.8 cm³/mol. The first kappa shape index (κ1) is 13.3. The molecule has 0 amide bonds. The van der Waals surface area contributed by atoms with Crippen LogP contribution in [0.15, 0.2) is 22.7 Å². The number of alkyl halides is 3. The zero-order chi connectivity index (χ0) is 14.2. The molecular weight excluding hydrogens is 263 g/mol. The van der Waals surface area contributed by atoms with Gasteiger partial charge in [0.05, 0.1) is 5.69 Å². The highest BCUT2D eigenvalue weighted by Gasteiger charge is 2.31. The molecular formula is C12H10F3NO3. The molecule has 0 spiro atoms. The maximum Gasteiger partial charge on any atom is 0.573 e. The van der Waals surface area contributed by atoms with Crippen LogP contribution in [0.25, 0.3) is 11.1 Å². The number of aromatic nitrogens is 1. The molecule has 1 heterocycles. The summed E-state index contributed by atoms with van der Waals surface area (Å²) in [6.07, 6.45) is -4.82. The third-order valence-electron chi connectivity index (χ3n) is 2.45. The summed E-state index contributed by atoms with van der Waals surface area (Å²) in [5, 5.41) is 13.2. The van der Waals surface area contributed by atoms with Gasteiger partial charge in [0.2, 0.25) is 0 Å². The summed E-state index contributed by atoms with van der Waals surface area (Å²) in [6, 6.07) is 3.37. The molecule has 19 heavy (non-hydrogen) atoms. The van der Waals surface area contributed by atoms with Crippen LogP contribution in [0.2, 0.25) is 0 Å². The van der Waals surface area contributed by atoms with Gasteiger partial charge in [0.25, 0.3) is 0 Å². The standard InChI is InChI=1S/C12H10F3NO3/c1-6-11(7(2)19-16-6)8-3-9(17)5-10(4-8)18-12(13,14)15/h3-5,17H,1-2H3. The topological polar surface area (TPSA) is 55.5 Å². The van der Waals surface area contributed by atoms with Gasteiger partial charge in [0, 0.05) is 11.6 Å². The second-order valence-corrected chi connectivity index (χ2v) is 3.96. The van der Waals surface area contributed by atoms with Crippen molar-refractivity contribution in [3.8, 4) is 22.6 Å². The number of nitrogens with zero attached hydrogens (tertiary/aromatic N) is 1. The lowest BCUT2D eigenvalue weighted by atomic mass is 10.0. The van der Waals surface area contributed by atoms with Crippen LogP contribution in [0.1, 0.15) is 11.5 Å². The van der Waals surface area contributed by atoms with Crippen LogP contribution in [0, 0.1) is 13.8 Å². The van der Waals surface area contributed by atoms with Gasteiger partial charge in [-0.3, -0.25) is 0 Å². The van der Waals surface area contributed by atoms with E-state index < -0.39 is 12.1 Å². The molecule has 2 rings (SSSR count). The lowest BCUT2D eigenvalue weighted by Gasteiger charge is -2.10. The van der Waals surface area contributed by atoms with Gasteiger partial charge < -0.3 is 14.4 Å². The molecule has 0 saturated carbocycles. The zero-order valence-electron chi connectivity index (χ0n) is 10.1. The summed E-state index contributed by atoms with van der Waals surface area (Å²) >= 11 is 0. The highest BCUT2D eigenvalue weighted by molar-refractivity contribution is 5.70. The Morgan fingerprint density at radius 3 is 2.42 bits per heavy atom. The number of ether oxygens (including phenoxy) is 1. The van der Waals surface area contributed by atoms with Gasteiger partial charge in [-0.1, -0.05) is 5.16 Å². The summed E-state index contributed by atoms with van der Waals surface area (Å²) in [7, 11) is 0. The van der Waals surface area contributed by atoms with E-state index >= 15 is 0 Å². The minimum absolute atomic E-state index is 0.336. The van der Waals surface area contributed by atoms with E-state index in [0.29, 0.717) is 22.6 Å². The van der Waals surface area contributed by atoms with Crippen molar-refractivity contribution in [2.24, 2.45) is 0 Å². The number of aryl methyl sites for hydroxylation is 2. The minimum atomic E-state index is -4.82. The predicted octanol–water partition coefficient (Wildman–Crippen LogP) is 3.56. The fraction of sp³-hybridized carbons (Fsp3) is 0.250. The monoisotopic (exact) mass is 273 g/mol. The summed E-state index contributed by atoms with van der Waals surface area (Å²) < 4.78 is 45.2. The number of phenolic OH excluding ortho intramolecular Hbond substituents is 1. The molecule has 0 aliphatic rings. The van der Waals surface area contributed by atoms with E-state index in [2.05, 4.69) is 9.89 Å². The van der Waals surface area contributed by atoms with E-state index in [4.69, 9.17) is 4.52 Å². The normalized spacial score (nSPS) is 11.6. The highest BCUT2D eigenvalue weighted by atomic mass is 19.4. The van der Waals surface area contributed by atoms with Crippen LogP contribution in [0.5, 0.6) is 11.5 Å². The molecule has 0 saturated heterocycles. The largest absolute Gasteiger partial charge is 0.573 e. The Kier molecular flexibility index (Phi) is 3.13. The lowest BCUT2D eigenvalue weighted by Crippen LogP contribution is -2.17. The van der Waals surface area contributed by atoms with Crippen molar-refractivity contribution in [3.05, 3.63) is 29.7 Å². The molecule has 0 bridgehead atoms. The van der Waals surface area contributed by atoms with Crippen LogP contribution < -0.4 is 4.74 Å². The Balaban J connectivity index is 2.48. The second kappa shape index (κ2) is 4.49. The fourth-order valence-corrected chi connectivity index (χ4v) is 1.82. The van der Waals surface area contributed by atoms with Crippen molar-refractivity contribution in [2.45, 2.75) is 20.2 Å². The Morgan fingerprint density at radius 2 is 1.89 bits per heavy atom. The molecule has 0 atom stereocenters. The molecule has 0 fully saturated rings. The molecule has 1 N–H and O–H groups in total. The average Bonchev–Trinajstić information content (AvgIpc) is 2.54. The van der Waals surface area contributed by atoms with E-state index in [1.165, 1.54) is 12.1 Å². The smallest absolute Gasteiger partial charge is 0.508 e. The van der Waals surface area contributed by atoms with E-state index in [1.54, 1.807) is 13.8 Å². The molecule has 7 heteroatoms. The molecule has 0 unspecified atom stereocenters. The number of benzene rings is 1. The summed E-state index contributed by atoms with van der Waals surface area (Å²) in [6.45, 7) is 3.28. The summed E-state index contributed by atoms with van der Waals surface area (Å²) in [5.41, 5.74) is 1.39. The van der Waals surface area contributed by atoms with Crippen LogP contribution in [0.3, 0.4) is 0 Å². The molecule has 0 aliphatic carbocycles. The third kappa shape index (κ3) is 2.98. The number of hydrogen-bond donors (Lipinski definition) is 1. The van der Waals surface area contributed by atoms with Crippen molar-refractivity contribution in [2.75, 3.05) is 0 Å². The maximum absolute atomic E-state index is 12.2. The SMILES string of the molecule is Cc1noc(C)c1-c1cc(O)cc(OC(F)(F)F)c1. The van der Waals surface area contributed by atoms with Crippen LogP contribution in [-0.4, -0.2) is 16.6 Å². The van der Waals surface area contributed by atoms with Crippen LogP contribution >= 0.6 is 0 Å². The minimum Gasteiger partial charge on any atom is -0.508 e. The summed E-state index contributed by atoms with van der Waals surface area (Å²) in [5.74, 6) is -0.389. The molecule has 4 nitrogen and oxygen atoms in total. The lowest BCUT2D eigenvalue weighted by molar-refractivity contribution is -0.274. The number of hydrogen-bond acceptors (Lipinski definition) is 4. The first-order valence-corrected chi connectivity index (χ1v) is 5.29. The van der Waals surface area contributed by atoms with E-state index in [-0.39, 0.29) is 5.75 Å². The third-order valence-corrected chi connectivity index (χ3v) is 2.45. The van der Waals surface area contributed by atoms with Gasteiger partial charge in [0.15, 0.2) is 0 Å². The van der Waals surface area contributed by atoms with Crippen molar-refractivity contribution in [1.82, 2.24) is 5.16 Å². The highest BCUT2D eigenvalue weighted by Crippen LogP contribution is 2.34. The second-order valence-electron chi connectivity index (χ2n) is 3.96. The number of rotatable bonds is 2. The van der Waals surface area contributed by atoms with Gasteiger partial charge in [-0.2, -0.15) is 0 Å².